The van der Waals surface area contributed by atoms with Gasteiger partial charge in [0.25, 0.3) is 0 Å². The normalized spacial score (nSPS) is 39.7. The molecular weight excluding hydrogens is 258 g/mol. The fourth-order valence-electron chi connectivity index (χ4n) is 6.37. The summed E-state index contributed by atoms with van der Waals surface area (Å²) in [5.41, 5.74) is 3.92. The van der Waals surface area contributed by atoms with E-state index in [9.17, 15) is 5.11 Å². The lowest BCUT2D eigenvalue weighted by molar-refractivity contribution is -0.0192. The van der Waals surface area contributed by atoms with E-state index in [0.29, 0.717) is 16.6 Å². The molecule has 1 aromatic carbocycles. The number of rotatable bonds is 0. The van der Waals surface area contributed by atoms with Crippen LogP contribution in [-0.4, -0.2) is 29.6 Å². The van der Waals surface area contributed by atoms with Gasteiger partial charge in [-0.25, -0.2) is 0 Å². The molecule has 3 aliphatic carbocycles. The number of nitrogens with zero attached hydrogens (tertiary/aromatic N) is 1. The maximum atomic E-state index is 10.1. The third-order valence-corrected chi connectivity index (χ3v) is 7.30. The molecule has 1 aromatic rings. The Bertz CT molecular complexity index is 606. The zero-order valence-electron chi connectivity index (χ0n) is 12.9. The average molecular weight is 283 g/mol. The first-order chi connectivity index (χ1) is 10.2. The van der Waals surface area contributed by atoms with Gasteiger partial charge < -0.3 is 10.0 Å². The Morgan fingerprint density at radius 1 is 1.05 bits per heavy atom. The molecule has 1 saturated heterocycles. The summed E-state index contributed by atoms with van der Waals surface area (Å²) in [7, 11) is 2.36. The quantitative estimate of drug-likeness (QED) is 0.787. The largest absolute Gasteiger partial charge is 0.508 e. The molecule has 1 heterocycles. The number of likely N-dealkylation sites (tertiary alicyclic amines) is 1. The molecule has 3 atom stereocenters. The Balaban J connectivity index is 1.80. The van der Waals surface area contributed by atoms with Crippen LogP contribution in [0.4, 0.5) is 0 Å². The number of likely N-dealkylation sites (N-methyl/N-ethyl adjacent to an activating group) is 1. The Labute approximate surface area is 127 Å². The van der Waals surface area contributed by atoms with Gasteiger partial charge in [0.15, 0.2) is 0 Å². The number of hydrogen-bond acceptors (Lipinski definition) is 2. The van der Waals surface area contributed by atoms with Crippen molar-refractivity contribution in [3.05, 3.63) is 29.3 Å². The van der Waals surface area contributed by atoms with E-state index in [1.165, 1.54) is 57.1 Å². The summed E-state index contributed by atoms with van der Waals surface area (Å²) in [4.78, 5) is 2.68. The van der Waals surface area contributed by atoms with Gasteiger partial charge in [-0.3, -0.25) is 0 Å². The second-order valence-corrected chi connectivity index (χ2v) is 8.07. The Morgan fingerprint density at radius 3 is 2.71 bits per heavy atom. The van der Waals surface area contributed by atoms with Gasteiger partial charge in [-0.2, -0.15) is 0 Å². The molecule has 112 valence electrons. The van der Waals surface area contributed by atoms with E-state index in [-0.39, 0.29) is 0 Å². The van der Waals surface area contributed by atoms with Crippen LogP contribution in [0.25, 0.3) is 0 Å². The molecule has 0 amide bonds. The molecule has 3 fully saturated rings. The molecule has 2 heteroatoms. The highest BCUT2D eigenvalue weighted by molar-refractivity contribution is 5.53. The van der Waals surface area contributed by atoms with E-state index in [0.717, 1.165) is 12.0 Å². The van der Waals surface area contributed by atoms with Crippen LogP contribution in [0.15, 0.2) is 18.2 Å². The van der Waals surface area contributed by atoms with E-state index in [1.807, 2.05) is 6.07 Å². The maximum absolute atomic E-state index is 10.1. The molecule has 5 rings (SSSR count). The van der Waals surface area contributed by atoms with Crippen LogP contribution in [0.5, 0.6) is 5.75 Å². The summed E-state index contributed by atoms with van der Waals surface area (Å²) >= 11 is 0. The van der Waals surface area contributed by atoms with Crippen LogP contribution in [0, 0.1) is 5.92 Å². The highest BCUT2D eigenvalue weighted by atomic mass is 16.3. The van der Waals surface area contributed by atoms with Gasteiger partial charge in [0.05, 0.1) is 0 Å². The SMILES string of the molecule is CN1CCC23CCCCC2C1C1(CC1)c1ccc(O)cc13. The zero-order valence-corrected chi connectivity index (χ0v) is 12.9. The third-order valence-electron chi connectivity index (χ3n) is 7.30. The van der Waals surface area contributed by atoms with Gasteiger partial charge in [0, 0.05) is 16.9 Å². The minimum atomic E-state index is 0.372. The van der Waals surface area contributed by atoms with Crippen molar-refractivity contribution >= 4 is 0 Å². The fourth-order valence-corrected chi connectivity index (χ4v) is 6.37. The Morgan fingerprint density at radius 2 is 1.90 bits per heavy atom. The van der Waals surface area contributed by atoms with Crippen molar-refractivity contribution in [2.75, 3.05) is 13.6 Å². The summed E-state index contributed by atoms with van der Waals surface area (Å²) in [5, 5.41) is 10.1. The molecular formula is C19H25NO. The van der Waals surface area contributed by atoms with Gasteiger partial charge in [-0.1, -0.05) is 18.9 Å². The number of aromatic hydroxyl groups is 1. The Hall–Kier alpha value is -1.02. The van der Waals surface area contributed by atoms with Crippen molar-refractivity contribution in [3.63, 3.8) is 0 Å². The second kappa shape index (κ2) is 3.84. The van der Waals surface area contributed by atoms with Crippen LogP contribution in [0.1, 0.15) is 56.1 Å². The van der Waals surface area contributed by atoms with Crippen LogP contribution >= 0.6 is 0 Å². The van der Waals surface area contributed by atoms with Crippen LogP contribution < -0.4 is 0 Å². The topological polar surface area (TPSA) is 23.5 Å². The van der Waals surface area contributed by atoms with Gasteiger partial charge in [0.1, 0.15) is 5.75 Å². The molecule has 1 spiro atoms. The monoisotopic (exact) mass is 283 g/mol. The number of fused-ring (bicyclic) bond motifs is 3. The molecule has 2 nitrogen and oxygen atoms in total. The molecule has 4 aliphatic rings. The molecule has 2 bridgehead atoms. The van der Waals surface area contributed by atoms with Crippen molar-refractivity contribution < 1.29 is 5.11 Å². The lowest BCUT2D eigenvalue weighted by Gasteiger charge is -2.61. The molecule has 0 aromatic heterocycles. The van der Waals surface area contributed by atoms with Gasteiger partial charge in [-0.15, -0.1) is 0 Å². The minimum Gasteiger partial charge on any atom is -0.508 e. The molecule has 2 saturated carbocycles. The van der Waals surface area contributed by atoms with Crippen LogP contribution in [0.2, 0.25) is 0 Å². The first-order valence-electron chi connectivity index (χ1n) is 8.72. The van der Waals surface area contributed by atoms with Gasteiger partial charge in [0.2, 0.25) is 0 Å². The number of phenolic OH excluding ortho intramolecular Hbond substituents is 1. The predicted molar refractivity (Wildman–Crippen MR) is 83.7 cm³/mol. The summed E-state index contributed by atoms with van der Waals surface area (Å²) in [6, 6.07) is 7.07. The van der Waals surface area contributed by atoms with E-state index in [2.05, 4.69) is 24.1 Å². The summed E-state index contributed by atoms with van der Waals surface area (Å²) < 4.78 is 0. The summed E-state index contributed by atoms with van der Waals surface area (Å²) in [6.45, 7) is 1.23. The van der Waals surface area contributed by atoms with Gasteiger partial charge in [-0.05, 0) is 74.9 Å². The lowest BCUT2D eigenvalue weighted by Crippen LogP contribution is -2.63. The smallest absolute Gasteiger partial charge is 0.115 e. The van der Waals surface area contributed by atoms with Crippen molar-refractivity contribution in [2.45, 2.75) is 61.8 Å². The lowest BCUT2D eigenvalue weighted by atomic mass is 9.49. The molecule has 1 aliphatic heterocycles. The van der Waals surface area contributed by atoms with E-state index >= 15 is 0 Å². The van der Waals surface area contributed by atoms with Crippen molar-refractivity contribution in [1.29, 1.82) is 0 Å². The highest BCUT2D eigenvalue weighted by Gasteiger charge is 2.65. The van der Waals surface area contributed by atoms with Crippen molar-refractivity contribution in [2.24, 2.45) is 5.92 Å². The molecule has 0 radical (unpaired) electrons. The Kier molecular flexibility index (Phi) is 2.29. The number of phenols is 1. The average Bonchev–Trinajstić information content (AvgIpc) is 3.27. The summed E-state index contributed by atoms with van der Waals surface area (Å²) in [6.07, 6.45) is 9.51. The predicted octanol–water partition coefficient (Wildman–Crippen LogP) is 3.57. The molecule has 1 N–H and O–H groups in total. The van der Waals surface area contributed by atoms with Crippen molar-refractivity contribution in [1.82, 2.24) is 4.90 Å². The fraction of sp³-hybridized carbons (Fsp3) is 0.684. The van der Waals surface area contributed by atoms with E-state index < -0.39 is 0 Å². The number of benzene rings is 1. The van der Waals surface area contributed by atoms with E-state index in [1.54, 1.807) is 5.56 Å². The standard InChI is InChI=1S/C19H25NO/c1-20-11-10-18-7-3-2-4-15(18)17(20)19(8-9-19)14-6-5-13(21)12-16(14)18/h5-6,12,15,17,21H,2-4,7-11H2,1H3. The zero-order chi connectivity index (χ0) is 14.2. The molecule has 21 heavy (non-hydrogen) atoms. The number of piperidine rings is 1. The minimum absolute atomic E-state index is 0.372. The molecule has 3 unspecified atom stereocenters. The maximum Gasteiger partial charge on any atom is 0.115 e. The first kappa shape index (κ1) is 12.5. The van der Waals surface area contributed by atoms with Gasteiger partial charge >= 0.3 is 0 Å². The second-order valence-electron chi connectivity index (χ2n) is 8.07. The summed E-state index contributed by atoms with van der Waals surface area (Å²) in [5.74, 6) is 1.29. The van der Waals surface area contributed by atoms with Crippen molar-refractivity contribution in [3.8, 4) is 5.75 Å². The van der Waals surface area contributed by atoms with Crippen LogP contribution in [-0.2, 0) is 10.8 Å². The van der Waals surface area contributed by atoms with E-state index in [4.69, 9.17) is 0 Å². The first-order valence-corrected chi connectivity index (χ1v) is 8.72. The number of hydrogen-bond donors (Lipinski definition) is 1. The third kappa shape index (κ3) is 1.38. The van der Waals surface area contributed by atoms with Crippen LogP contribution in [0.3, 0.4) is 0 Å². The highest BCUT2D eigenvalue weighted by Crippen LogP contribution is 2.67.